The second-order valence-electron chi connectivity index (χ2n) is 2.30. The monoisotopic (exact) mass is 231 g/mol. The molecular formula is C8H9NO3S2. The van der Waals surface area contributed by atoms with Crippen LogP contribution >= 0.6 is 21.6 Å². The summed E-state index contributed by atoms with van der Waals surface area (Å²) in [5.41, 5.74) is -0.403. The van der Waals surface area contributed by atoms with E-state index in [4.69, 9.17) is 5.11 Å². The average molecular weight is 231 g/mol. The van der Waals surface area contributed by atoms with Crippen LogP contribution in [0.15, 0.2) is 29.4 Å². The molecule has 6 heteroatoms. The zero-order valence-electron chi connectivity index (χ0n) is 7.41. The van der Waals surface area contributed by atoms with Crippen LogP contribution in [0.2, 0.25) is 0 Å². The van der Waals surface area contributed by atoms with Crippen molar-refractivity contribution in [2.45, 2.75) is 17.4 Å². The van der Waals surface area contributed by atoms with E-state index in [1.165, 1.54) is 21.6 Å². The highest BCUT2D eigenvalue weighted by atomic mass is 33.1. The first-order chi connectivity index (χ1) is 6.68. The van der Waals surface area contributed by atoms with E-state index in [0.29, 0.717) is 0 Å². The summed E-state index contributed by atoms with van der Waals surface area (Å²) in [7, 11) is 2.70. The van der Waals surface area contributed by atoms with Gasteiger partial charge in [-0.1, -0.05) is 6.07 Å². The highest BCUT2D eigenvalue weighted by Gasteiger charge is 2.08. The van der Waals surface area contributed by atoms with E-state index in [-0.39, 0.29) is 0 Å². The van der Waals surface area contributed by atoms with Gasteiger partial charge in [0.15, 0.2) is 5.44 Å². The molecule has 4 nitrogen and oxygen atoms in total. The maximum atomic E-state index is 10.2. The fraction of sp³-hybridized carbons (Fsp3) is 0.250. The lowest BCUT2D eigenvalue weighted by molar-refractivity contribution is 0.0875. The van der Waals surface area contributed by atoms with Gasteiger partial charge in [-0.15, -0.1) is 0 Å². The van der Waals surface area contributed by atoms with Crippen molar-refractivity contribution in [1.82, 2.24) is 4.98 Å². The Balaban J connectivity index is 2.30. The molecular weight excluding hydrogens is 222 g/mol. The molecule has 1 aromatic rings. The first-order valence-corrected chi connectivity index (χ1v) is 6.03. The molecule has 0 aliphatic carbocycles. The maximum Gasteiger partial charge on any atom is 0.506 e. The summed E-state index contributed by atoms with van der Waals surface area (Å²) in [5.74, 6) is 0. The quantitative estimate of drug-likeness (QED) is 0.488. The summed E-state index contributed by atoms with van der Waals surface area (Å²) in [6, 6.07) is 5.55. The van der Waals surface area contributed by atoms with Crippen LogP contribution in [0, 0.1) is 0 Å². The van der Waals surface area contributed by atoms with Crippen LogP contribution in [0.5, 0.6) is 0 Å². The second kappa shape index (κ2) is 5.77. The van der Waals surface area contributed by atoms with Gasteiger partial charge in [-0.2, -0.15) is 0 Å². The molecule has 0 bridgehead atoms. The van der Waals surface area contributed by atoms with Gasteiger partial charge in [0, 0.05) is 6.20 Å². The summed E-state index contributed by atoms with van der Waals surface area (Å²) in [6.07, 6.45) is 0.428. The van der Waals surface area contributed by atoms with Crippen molar-refractivity contribution in [3.8, 4) is 0 Å². The van der Waals surface area contributed by atoms with Crippen molar-refractivity contribution in [2.24, 2.45) is 0 Å². The lowest BCUT2D eigenvalue weighted by Gasteiger charge is -2.07. The SMILES string of the molecule is CC(OC(=O)O)SSc1ccccn1. The van der Waals surface area contributed by atoms with Gasteiger partial charge >= 0.3 is 6.16 Å². The van der Waals surface area contributed by atoms with Gasteiger partial charge < -0.3 is 9.84 Å². The molecule has 0 fully saturated rings. The second-order valence-corrected chi connectivity index (χ2v) is 4.82. The summed E-state index contributed by atoms with van der Waals surface area (Å²) < 4.78 is 4.50. The van der Waals surface area contributed by atoms with Crippen LogP contribution < -0.4 is 0 Å². The highest BCUT2D eigenvalue weighted by molar-refractivity contribution is 8.76. The molecule has 76 valence electrons. The van der Waals surface area contributed by atoms with Gasteiger partial charge in [0.2, 0.25) is 0 Å². The smallest absolute Gasteiger partial charge is 0.450 e. The third kappa shape index (κ3) is 4.38. The minimum atomic E-state index is -1.26. The molecule has 0 aliphatic rings. The van der Waals surface area contributed by atoms with Crippen LogP contribution in [0.1, 0.15) is 6.92 Å². The molecule has 0 aliphatic heterocycles. The molecule has 1 aromatic heterocycles. The van der Waals surface area contributed by atoms with E-state index in [9.17, 15) is 4.79 Å². The Morgan fingerprint density at radius 2 is 2.43 bits per heavy atom. The summed E-state index contributed by atoms with van der Waals surface area (Å²) in [5, 5.41) is 9.15. The van der Waals surface area contributed by atoms with E-state index in [2.05, 4.69) is 9.72 Å². The molecule has 0 aromatic carbocycles. The third-order valence-electron chi connectivity index (χ3n) is 1.17. The molecule has 0 radical (unpaired) electrons. The van der Waals surface area contributed by atoms with Gasteiger partial charge in [-0.25, -0.2) is 9.78 Å². The van der Waals surface area contributed by atoms with Crippen LogP contribution in [0.25, 0.3) is 0 Å². The zero-order valence-corrected chi connectivity index (χ0v) is 9.05. The van der Waals surface area contributed by atoms with Crippen LogP contribution in [0.4, 0.5) is 4.79 Å². The van der Waals surface area contributed by atoms with Crippen molar-refractivity contribution in [3.63, 3.8) is 0 Å². The minimum absolute atomic E-state index is 0.403. The molecule has 0 amide bonds. The van der Waals surface area contributed by atoms with Gasteiger partial charge in [-0.05, 0) is 40.6 Å². The van der Waals surface area contributed by atoms with E-state index >= 15 is 0 Å². The number of nitrogens with zero attached hydrogens (tertiary/aromatic N) is 1. The van der Waals surface area contributed by atoms with Crippen molar-refractivity contribution in [2.75, 3.05) is 0 Å². The fourth-order valence-corrected chi connectivity index (χ4v) is 2.38. The predicted octanol–water partition coefficient (Wildman–Crippen LogP) is 2.86. The lowest BCUT2D eigenvalue weighted by Crippen LogP contribution is -2.07. The normalized spacial score (nSPS) is 12.1. The molecule has 14 heavy (non-hydrogen) atoms. The number of carboxylic acid groups (broad SMARTS) is 1. The standard InChI is InChI=1S/C8H9NO3S2/c1-6(12-8(10)11)13-14-7-4-2-3-5-9-7/h2-6H,1H3,(H,10,11). The van der Waals surface area contributed by atoms with Crippen molar-refractivity contribution in [3.05, 3.63) is 24.4 Å². The largest absolute Gasteiger partial charge is 0.506 e. The van der Waals surface area contributed by atoms with E-state index in [0.717, 1.165) is 5.03 Å². The Labute approximate surface area is 89.5 Å². The number of hydrogen-bond donors (Lipinski definition) is 1. The van der Waals surface area contributed by atoms with Crippen molar-refractivity contribution in [1.29, 1.82) is 0 Å². The molecule has 1 rings (SSSR count). The topological polar surface area (TPSA) is 59.4 Å². The lowest BCUT2D eigenvalue weighted by atomic mass is 10.5. The molecule has 0 saturated carbocycles. The Morgan fingerprint density at radius 1 is 1.64 bits per heavy atom. The van der Waals surface area contributed by atoms with Crippen LogP contribution in [-0.4, -0.2) is 21.7 Å². The average Bonchev–Trinajstić information content (AvgIpc) is 2.15. The predicted molar refractivity (Wildman–Crippen MR) is 56.3 cm³/mol. The molecule has 0 saturated heterocycles. The third-order valence-corrected chi connectivity index (χ3v) is 3.66. The maximum absolute atomic E-state index is 10.2. The summed E-state index contributed by atoms with van der Waals surface area (Å²) in [6.45, 7) is 1.68. The van der Waals surface area contributed by atoms with Crippen molar-refractivity contribution < 1.29 is 14.6 Å². The Hall–Kier alpha value is -0.880. The number of hydrogen-bond acceptors (Lipinski definition) is 5. The number of aromatic nitrogens is 1. The Morgan fingerprint density at radius 3 is 3.00 bits per heavy atom. The highest BCUT2D eigenvalue weighted by Crippen LogP contribution is 2.33. The summed E-state index contributed by atoms with van der Waals surface area (Å²) in [4.78, 5) is 14.2. The Kier molecular flexibility index (Phi) is 4.61. The van der Waals surface area contributed by atoms with E-state index in [1.54, 1.807) is 13.1 Å². The number of ether oxygens (including phenoxy) is 1. The first kappa shape index (κ1) is 11.2. The van der Waals surface area contributed by atoms with Crippen molar-refractivity contribution >= 4 is 27.7 Å². The minimum Gasteiger partial charge on any atom is -0.450 e. The summed E-state index contributed by atoms with van der Waals surface area (Å²) >= 11 is 0. The van der Waals surface area contributed by atoms with Gasteiger partial charge in [0.05, 0.1) is 0 Å². The van der Waals surface area contributed by atoms with Crippen LogP contribution in [-0.2, 0) is 4.74 Å². The van der Waals surface area contributed by atoms with Gasteiger partial charge in [0.1, 0.15) is 5.03 Å². The molecule has 0 spiro atoms. The molecule has 1 N–H and O–H groups in total. The van der Waals surface area contributed by atoms with Gasteiger partial charge in [-0.3, -0.25) is 0 Å². The number of rotatable bonds is 4. The van der Waals surface area contributed by atoms with Crippen LogP contribution in [0.3, 0.4) is 0 Å². The zero-order chi connectivity index (χ0) is 10.4. The number of pyridine rings is 1. The molecule has 1 heterocycles. The number of carbonyl (C=O) groups is 1. The molecule has 1 atom stereocenters. The fourth-order valence-electron chi connectivity index (χ4n) is 0.675. The van der Waals surface area contributed by atoms with Gasteiger partial charge in [0.25, 0.3) is 0 Å². The molecule has 1 unspecified atom stereocenters. The first-order valence-electron chi connectivity index (χ1n) is 3.82. The van der Waals surface area contributed by atoms with E-state index < -0.39 is 11.6 Å². The van der Waals surface area contributed by atoms with E-state index in [1.807, 2.05) is 18.2 Å². The Bertz CT molecular complexity index is 294.